The van der Waals surface area contributed by atoms with Crippen LogP contribution in [0.1, 0.15) is 38.5 Å². The summed E-state index contributed by atoms with van der Waals surface area (Å²) in [6.45, 7) is 1.37. The summed E-state index contributed by atoms with van der Waals surface area (Å²) >= 11 is 0. The lowest BCUT2D eigenvalue weighted by Gasteiger charge is -2.39. The fraction of sp³-hybridized carbons (Fsp3) is 1.00. The Labute approximate surface area is 92.2 Å². The van der Waals surface area contributed by atoms with Crippen molar-refractivity contribution in [1.29, 1.82) is 0 Å². The highest BCUT2D eigenvalue weighted by molar-refractivity contribution is 4.94. The van der Waals surface area contributed by atoms with Crippen molar-refractivity contribution in [3.8, 4) is 0 Å². The first-order chi connectivity index (χ1) is 7.28. The van der Waals surface area contributed by atoms with Gasteiger partial charge in [0.25, 0.3) is 0 Å². The highest BCUT2D eigenvalue weighted by Crippen LogP contribution is 2.32. The Hall–Kier alpha value is -0.120. The van der Waals surface area contributed by atoms with Crippen molar-refractivity contribution < 1.29 is 9.84 Å². The van der Waals surface area contributed by atoms with Gasteiger partial charge in [-0.15, -0.1) is 0 Å². The van der Waals surface area contributed by atoms with Gasteiger partial charge in [-0.1, -0.05) is 0 Å². The van der Waals surface area contributed by atoms with Crippen molar-refractivity contribution in [1.82, 2.24) is 5.32 Å². The average Bonchev–Trinajstić information content (AvgIpc) is 3.11. The number of hydrogen-bond donors (Lipinski definition) is 2. The largest absolute Gasteiger partial charge is 0.394 e. The molecule has 3 nitrogen and oxygen atoms in total. The molecule has 0 heterocycles. The molecule has 0 aliphatic heterocycles. The number of rotatable bonds is 5. The van der Waals surface area contributed by atoms with Gasteiger partial charge in [-0.25, -0.2) is 0 Å². The number of ether oxygens (including phenoxy) is 1. The Bertz CT molecular complexity index is 196. The number of aliphatic hydroxyl groups is 1. The summed E-state index contributed by atoms with van der Waals surface area (Å²) in [5.41, 5.74) is -0.00236. The number of aliphatic hydroxyl groups excluding tert-OH is 1. The summed E-state index contributed by atoms with van der Waals surface area (Å²) in [4.78, 5) is 0. The first kappa shape index (κ1) is 11.4. The van der Waals surface area contributed by atoms with Gasteiger partial charge in [0.2, 0.25) is 0 Å². The standard InChI is InChI=1S/C12H23NO2/c1-15-11-4-6-12(9-14,7-5-11)13-8-10-2-3-10/h10-11,13-14H,2-9H2,1H3. The average molecular weight is 213 g/mol. The van der Waals surface area contributed by atoms with Crippen molar-refractivity contribution in [3.05, 3.63) is 0 Å². The predicted molar refractivity (Wildman–Crippen MR) is 59.8 cm³/mol. The molecule has 0 aromatic heterocycles. The van der Waals surface area contributed by atoms with E-state index >= 15 is 0 Å². The maximum atomic E-state index is 9.53. The van der Waals surface area contributed by atoms with Crippen molar-refractivity contribution in [3.63, 3.8) is 0 Å². The highest BCUT2D eigenvalue weighted by atomic mass is 16.5. The molecule has 0 radical (unpaired) electrons. The third kappa shape index (κ3) is 2.92. The second-order valence-corrected chi connectivity index (χ2v) is 5.20. The van der Waals surface area contributed by atoms with Crippen LogP contribution >= 0.6 is 0 Å². The third-order valence-electron chi connectivity index (χ3n) is 3.99. The molecule has 88 valence electrons. The molecule has 2 aliphatic carbocycles. The normalized spacial score (nSPS) is 36.8. The van der Waals surface area contributed by atoms with E-state index in [0.717, 1.165) is 38.1 Å². The van der Waals surface area contributed by atoms with Crippen molar-refractivity contribution in [2.45, 2.75) is 50.2 Å². The first-order valence-electron chi connectivity index (χ1n) is 6.17. The first-order valence-corrected chi connectivity index (χ1v) is 6.17. The van der Waals surface area contributed by atoms with E-state index in [1.807, 2.05) is 0 Å². The summed E-state index contributed by atoms with van der Waals surface area (Å²) < 4.78 is 5.36. The predicted octanol–water partition coefficient (Wildman–Crippen LogP) is 1.31. The Balaban J connectivity index is 1.79. The Morgan fingerprint density at radius 1 is 1.27 bits per heavy atom. The van der Waals surface area contributed by atoms with E-state index in [9.17, 15) is 5.11 Å². The van der Waals surface area contributed by atoms with Crippen molar-refractivity contribution >= 4 is 0 Å². The lowest BCUT2D eigenvalue weighted by molar-refractivity contribution is 0.0229. The molecule has 0 unspecified atom stereocenters. The van der Waals surface area contributed by atoms with Crippen LogP contribution in [0, 0.1) is 5.92 Å². The van der Waals surface area contributed by atoms with E-state index in [2.05, 4.69) is 5.32 Å². The van der Waals surface area contributed by atoms with Gasteiger partial charge in [0.05, 0.1) is 12.7 Å². The lowest BCUT2D eigenvalue weighted by atomic mass is 9.80. The zero-order chi connectivity index (χ0) is 10.7. The molecule has 2 fully saturated rings. The molecule has 0 atom stereocenters. The summed E-state index contributed by atoms with van der Waals surface area (Å²) in [6, 6.07) is 0. The van der Waals surface area contributed by atoms with E-state index in [4.69, 9.17) is 4.74 Å². The molecule has 0 amide bonds. The number of hydrogen-bond acceptors (Lipinski definition) is 3. The second kappa shape index (κ2) is 4.81. The summed E-state index contributed by atoms with van der Waals surface area (Å²) in [7, 11) is 1.79. The molecule has 2 rings (SSSR count). The Morgan fingerprint density at radius 2 is 1.93 bits per heavy atom. The van der Waals surface area contributed by atoms with Crippen LogP contribution in [0.5, 0.6) is 0 Å². The molecule has 0 aromatic rings. The number of methoxy groups -OCH3 is 1. The van der Waals surface area contributed by atoms with Gasteiger partial charge in [-0.2, -0.15) is 0 Å². The van der Waals surface area contributed by atoms with Crippen LogP contribution in [-0.2, 0) is 4.74 Å². The molecule has 0 aromatic carbocycles. The minimum Gasteiger partial charge on any atom is -0.394 e. The van der Waals surface area contributed by atoms with Crippen LogP contribution in [0.3, 0.4) is 0 Å². The van der Waals surface area contributed by atoms with E-state index < -0.39 is 0 Å². The van der Waals surface area contributed by atoms with Crippen LogP contribution in [0.25, 0.3) is 0 Å². The van der Waals surface area contributed by atoms with Gasteiger partial charge in [-0.3, -0.25) is 0 Å². The zero-order valence-electron chi connectivity index (χ0n) is 9.67. The summed E-state index contributed by atoms with van der Waals surface area (Å²) in [6.07, 6.45) is 7.41. The molecule has 3 heteroatoms. The van der Waals surface area contributed by atoms with Gasteiger partial charge in [0.1, 0.15) is 0 Å². The number of nitrogens with one attached hydrogen (secondary N) is 1. The molecule has 0 bridgehead atoms. The fourth-order valence-corrected chi connectivity index (χ4v) is 2.45. The molecule has 2 saturated carbocycles. The third-order valence-corrected chi connectivity index (χ3v) is 3.99. The molecule has 2 aliphatic rings. The van der Waals surface area contributed by atoms with Crippen LogP contribution < -0.4 is 5.32 Å². The van der Waals surface area contributed by atoms with Gasteiger partial charge < -0.3 is 15.2 Å². The SMILES string of the molecule is COC1CCC(CO)(NCC2CC2)CC1. The molecule has 2 N–H and O–H groups in total. The minimum absolute atomic E-state index is 0.00236. The summed E-state index contributed by atoms with van der Waals surface area (Å²) in [5.74, 6) is 0.883. The topological polar surface area (TPSA) is 41.5 Å². The zero-order valence-corrected chi connectivity index (χ0v) is 9.67. The molecule has 0 spiro atoms. The van der Waals surface area contributed by atoms with Crippen LogP contribution in [-0.4, -0.2) is 37.0 Å². The van der Waals surface area contributed by atoms with Crippen LogP contribution in [0.15, 0.2) is 0 Å². The van der Waals surface area contributed by atoms with Gasteiger partial charge in [0, 0.05) is 12.6 Å². The molecule has 15 heavy (non-hydrogen) atoms. The van der Waals surface area contributed by atoms with E-state index in [-0.39, 0.29) is 12.1 Å². The maximum absolute atomic E-state index is 9.53. The second-order valence-electron chi connectivity index (χ2n) is 5.20. The monoisotopic (exact) mass is 213 g/mol. The van der Waals surface area contributed by atoms with Crippen molar-refractivity contribution in [2.75, 3.05) is 20.3 Å². The quantitative estimate of drug-likeness (QED) is 0.723. The van der Waals surface area contributed by atoms with E-state index in [0.29, 0.717) is 6.10 Å². The fourth-order valence-electron chi connectivity index (χ4n) is 2.45. The minimum atomic E-state index is -0.00236. The maximum Gasteiger partial charge on any atom is 0.0613 e. The molecular weight excluding hydrogens is 190 g/mol. The van der Waals surface area contributed by atoms with Crippen LogP contribution in [0.4, 0.5) is 0 Å². The van der Waals surface area contributed by atoms with Crippen molar-refractivity contribution in [2.24, 2.45) is 5.92 Å². The van der Waals surface area contributed by atoms with Crippen LogP contribution in [0.2, 0.25) is 0 Å². The van der Waals surface area contributed by atoms with Gasteiger partial charge in [0.15, 0.2) is 0 Å². The van der Waals surface area contributed by atoms with E-state index in [1.54, 1.807) is 7.11 Å². The Morgan fingerprint density at radius 3 is 2.40 bits per heavy atom. The van der Waals surface area contributed by atoms with Gasteiger partial charge in [-0.05, 0) is 51.0 Å². The van der Waals surface area contributed by atoms with Gasteiger partial charge >= 0.3 is 0 Å². The molecule has 0 saturated heterocycles. The lowest BCUT2D eigenvalue weighted by Crippen LogP contribution is -2.52. The Kier molecular flexibility index (Phi) is 3.65. The van der Waals surface area contributed by atoms with E-state index in [1.165, 1.54) is 12.8 Å². The summed E-state index contributed by atoms with van der Waals surface area (Å²) in [5, 5.41) is 13.1. The molecular formula is C12H23NO2. The smallest absolute Gasteiger partial charge is 0.0613 e. The highest BCUT2D eigenvalue weighted by Gasteiger charge is 2.35.